The van der Waals surface area contributed by atoms with Crippen LogP contribution in [-0.4, -0.2) is 17.1 Å². The molecule has 1 aromatic carbocycles. The van der Waals surface area contributed by atoms with Crippen LogP contribution in [0, 0.1) is 16.7 Å². The second-order valence-electron chi connectivity index (χ2n) is 7.16. The first-order chi connectivity index (χ1) is 9.36. The molecule has 2 aliphatic rings. The number of fused-ring (bicyclic) bond motifs is 2. The van der Waals surface area contributed by atoms with Gasteiger partial charge in [0.2, 0.25) is 0 Å². The van der Waals surface area contributed by atoms with E-state index in [1.807, 2.05) is 12.1 Å². The number of hydrogen-bond donors (Lipinski definition) is 2. The van der Waals surface area contributed by atoms with Gasteiger partial charge in [-0.05, 0) is 48.1 Å². The Bertz CT molecular complexity index is 552. The molecule has 3 nitrogen and oxygen atoms in total. The van der Waals surface area contributed by atoms with Gasteiger partial charge in [-0.15, -0.1) is 0 Å². The van der Waals surface area contributed by atoms with Crippen molar-refractivity contribution in [3.63, 3.8) is 0 Å². The van der Waals surface area contributed by atoms with Crippen LogP contribution >= 0.6 is 0 Å². The molecule has 0 saturated heterocycles. The van der Waals surface area contributed by atoms with Crippen LogP contribution in [0.3, 0.4) is 0 Å². The van der Waals surface area contributed by atoms with Gasteiger partial charge in [-0.25, -0.2) is 4.79 Å². The second kappa shape index (κ2) is 4.24. The average Bonchev–Trinajstić information content (AvgIpc) is 2.72. The number of hydrogen-bond acceptors (Lipinski definition) is 2. The van der Waals surface area contributed by atoms with E-state index in [1.165, 1.54) is 12.8 Å². The highest BCUT2D eigenvalue weighted by Gasteiger charge is 2.61. The van der Waals surface area contributed by atoms with E-state index in [2.05, 4.69) is 26.1 Å². The van der Waals surface area contributed by atoms with Gasteiger partial charge in [-0.1, -0.05) is 32.9 Å². The Hall–Kier alpha value is -1.51. The highest BCUT2D eigenvalue weighted by atomic mass is 16.4. The zero-order valence-corrected chi connectivity index (χ0v) is 12.4. The Morgan fingerprint density at radius 2 is 2.00 bits per heavy atom. The molecule has 0 radical (unpaired) electrons. The Kier molecular flexibility index (Phi) is 2.86. The molecular weight excluding hydrogens is 250 g/mol. The van der Waals surface area contributed by atoms with Gasteiger partial charge in [0, 0.05) is 11.7 Å². The number of carboxylic acids is 1. The Balaban J connectivity index is 1.89. The Morgan fingerprint density at radius 1 is 1.30 bits per heavy atom. The van der Waals surface area contributed by atoms with Crippen molar-refractivity contribution in [2.45, 2.75) is 46.1 Å². The van der Waals surface area contributed by atoms with Crippen LogP contribution in [0.5, 0.6) is 0 Å². The number of benzene rings is 1. The van der Waals surface area contributed by atoms with Crippen molar-refractivity contribution in [2.75, 3.05) is 5.32 Å². The molecule has 0 aromatic heterocycles. The summed E-state index contributed by atoms with van der Waals surface area (Å²) >= 11 is 0. The molecule has 2 saturated carbocycles. The summed E-state index contributed by atoms with van der Waals surface area (Å²) < 4.78 is 0. The fraction of sp³-hybridized carbons (Fsp3) is 0.588. The third-order valence-corrected chi connectivity index (χ3v) is 6.28. The van der Waals surface area contributed by atoms with Crippen LogP contribution in [0.2, 0.25) is 0 Å². The second-order valence-corrected chi connectivity index (χ2v) is 7.16. The van der Waals surface area contributed by atoms with E-state index in [-0.39, 0.29) is 5.41 Å². The lowest BCUT2D eigenvalue weighted by atomic mass is 9.69. The smallest absolute Gasteiger partial charge is 0.337 e. The maximum atomic E-state index is 11.3. The van der Waals surface area contributed by atoms with Gasteiger partial charge >= 0.3 is 5.97 Å². The molecule has 0 heterocycles. The first kappa shape index (κ1) is 13.5. The lowest BCUT2D eigenvalue weighted by molar-refractivity contribution is 0.0697. The number of carbonyl (C=O) groups is 1. The quantitative estimate of drug-likeness (QED) is 0.874. The summed E-state index contributed by atoms with van der Waals surface area (Å²) in [6.07, 6.45) is 3.69. The number of nitrogens with one attached hydrogen (secondary N) is 1. The fourth-order valence-corrected chi connectivity index (χ4v) is 4.41. The van der Waals surface area contributed by atoms with Crippen molar-refractivity contribution >= 4 is 11.7 Å². The molecule has 1 aromatic rings. The number of rotatable bonds is 3. The van der Waals surface area contributed by atoms with Crippen molar-refractivity contribution < 1.29 is 9.90 Å². The first-order valence-corrected chi connectivity index (χ1v) is 7.45. The van der Waals surface area contributed by atoms with Gasteiger partial charge in [0.05, 0.1) is 5.56 Å². The molecule has 3 rings (SSSR count). The molecule has 108 valence electrons. The molecule has 20 heavy (non-hydrogen) atoms. The van der Waals surface area contributed by atoms with Gasteiger partial charge in [0.15, 0.2) is 0 Å². The molecule has 2 fully saturated rings. The fourth-order valence-electron chi connectivity index (χ4n) is 4.41. The van der Waals surface area contributed by atoms with Crippen molar-refractivity contribution in [3.8, 4) is 0 Å². The Labute approximate surface area is 120 Å². The predicted octanol–water partition coefficient (Wildman–Crippen LogP) is 4.01. The van der Waals surface area contributed by atoms with Gasteiger partial charge in [0.25, 0.3) is 0 Å². The number of anilines is 1. The summed E-state index contributed by atoms with van der Waals surface area (Å²) in [5, 5.41) is 12.8. The maximum absolute atomic E-state index is 11.3. The van der Waals surface area contributed by atoms with Crippen LogP contribution in [0.25, 0.3) is 0 Å². The highest BCUT2D eigenvalue weighted by molar-refractivity contribution is 5.94. The molecular formula is C17H23NO2. The minimum absolute atomic E-state index is 0.253. The number of para-hydroxylation sites is 1. The van der Waals surface area contributed by atoms with Gasteiger partial charge in [-0.2, -0.15) is 0 Å². The summed E-state index contributed by atoms with van der Waals surface area (Å²) in [4.78, 5) is 11.3. The standard InChI is InChI=1S/C17H23NO2/c1-16(2)11-8-9-17(16,3)14(10-11)18-13-7-5-4-6-12(13)15(19)20/h4-7,11,14,18H,8-10H2,1-3H3,(H,19,20). The molecule has 2 aliphatic carbocycles. The normalized spacial score (nSPS) is 34.1. The molecule has 0 aliphatic heterocycles. The van der Waals surface area contributed by atoms with Crippen LogP contribution in [0.4, 0.5) is 5.69 Å². The van der Waals surface area contributed by atoms with E-state index >= 15 is 0 Å². The van der Waals surface area contributed by atoms with Gasteiger partial charge in [-0.3, -0.25) is 0 Å². The lowest BCUT2D eigenvalue weighted by Gasteiger charge is -2.40. The van der Waals surface area contributed by atoms with E-state index in [1.54, 1.807) is 12.1 Å². The lowest BCUT2D eigenvalue weighted by Crippen LogP contribution is -2.40. The van der Waals surface area contributed by atoms with E-state index < -0.39 is 5.97 Å². The molecule has 2 bridgehead atoms. The molecule has 3 unspecified atom stereocenters. The summed E-state index contributed by atoms with van der Waals surface area (Å²) in [6, 6.07) is 7.60. The summed E-state index contributed by atoms with van der Waals surface area (Å²) in [5.41, 5.74) is 1.72. The third-order valence-electron chi connectivity index (χ3n) is 6.28. The van der Waals surface area contributed by atoms with Crippen LogP contribution in [0.1, 0.15) is 50.4 Å². The van der Waals surface area contributed by atoms with E-state index in [0.29, 0.717) is 17.0 Å². The van der Waals surface area contributed by atoms with Crippen LogP contribution < -0.4 is 5.32 Å². The molecule has 3 atom stereocenters. The van der Waals surface area contributed by atoms with Crippen LogP contribution in [0.15, 0.2) is 24.3 Å². The largest absolute Gasteiger partial charge is 0.478 e. The highest BCUT2D eigenvalue weighted by Crippen LogP contribution is 2.65. The average molecular weight is 273 g/mol. The van der Waals surface area contributed by atoms with Crippen molar-refractivity contribution in [1.29, 1.82) is 0 Å². The van der Waals surface area contributed by atoms with E-state index in [4.69, 9.17) is 0 Å². The molecule has 0 spiro atoms. The van der Waals surface area contributed by atoms with Crippen molar-refractivity contribution in [1.82, 2.24) is 0 Å². The van der Waals surface area contributed by atoms with Crippen molar-refractivity contribution in [2.24, 2.45) is 16.7 Å². The van der Waals surface area contributed by atoms with E-state index in [0.717, 1.165) is 18.0 Å². The summed E-state index contributed by atoms with van der Waals surface area (Å²) in [7, 11) is 0. The third kappa shape index (κ3) is 1.68. The minimum Gasteiger partial charge on any atom is -0.478 e. The van der Waals surface area contributed by atoms with Gasteiger partial charge < -0.3 is 10.4 Å². The molecule has 3 heteroatoms. The minimum atomic E-state index is -0.860. The zero-order valence-electron chi connectivity index (χ0n) is 12.4. The molecule has 0 amide bonds. The number of carboxylic acid groups (broad SMARTS) is 1. The first-order valence-electron chi connectivity index (χ1n) is 7.45. The topological polar surface area (TPSA) is 49.3 Å². The number of aromatic carboxylic acids is 1. The van der Waals surface area contributed by atoms with Crippen LogP contribution in [-0.2, 0) is 0 Å². The summed E-state index contributed by atoms with van der Waals surface area (Å²) in [6.45, 7) is 7.10. The van der Waals surface area contributed by atoms with E-state index in [9.17, 15) is 9.90 Å². The predicted molar refractivity (Wildman–Crippen MR) is 80.0 cm³/mol. The monoisotopic (exact) mass is 273 g/mol. The summed E-state index contributed by atoms with van der Waals surface area (Å²) in [5.74, 6) is -0.109. The SMILES string of the molecule is CC1(C)C2CCC1(C)C(Nc1ccccc1C(=O)O)C2. The molecule has 2 N–H and O–H groups in total. The van der Waals surface area contributed by atoms with Gasteiger partial charge in [0.1, 0.15) is 0 Å². The zero-order chi connectivity index (χ0) is 14.5. The maximum Gasteiger partial charge on any atom is 0.337 e. The van der Waals surface area contributed by atoms with Crippen molar-refractivity contribution in [3.05, 3.63) is 29.8 Å². The Morgan fingerprint density at radius 3 is 2.55 bits per heavy atom.